The number of carbonyl (C=O) groups is 2. The maximum absolute atomic E-state index is 12.2. The number of hydrogen-bond acceptors (Lipinski definition) is 5. The summed E-state index contributed by atoms with van der Waals surface area (Å²) in [6, 6.07) is 2.72. The smallest absolute Gasteiger partial charge is 0.422 e. The first-order valence-corrected chi connectivity index (χ1v) is 6.92. The van der Waals surface area contributed by atoms with Crippen molar-refractivity contribution in [1.82, 2.24) is 10.3 Å². The van der Waals surface area contributed by atoms with E-state index in [1.807, 2.05) is 0 Å². The molecular weight excluding hydrogens is 317 g/mol. The Kier molecular flexibility index (Phi) is 7.30. The van der Waals surface area contributed by atoms with E-state index in [0.717, 1.165) is 0 Å². The third-order valence-corrected chi connectivity index (χ3v) is 2.54. The number of carbonyl (C=O) groups excluding carboxylic acids is 2. The molecule has 23 heavy (non-hydrogen) atoms. The molecule has 128 valence electrons. The van der Waals surface area contributed by atoms with Gasteiger partial charge in [0.25, 0.3) is 5.91 Å². The summed E-state index contributed by atoms with van der Waals surface area (Å²) in [5.74, 6) is -1.40. The number of nitrogens with zero attached hydrogens (tertiary/aromatic N) is 1. The molecule has 0 saturated carbocycles. The molecule has 0 saturated heterocycles. The second-order valence-corrected chi connectivity index (χ2v) is 4.42. The predicted octanol–water partition coefficient (Wildman–Crippen LogP) is 2.10. The molecule has 0 radical (unpaired) electrons. The van der Waals surface area contributed by atoms with Crippen LogP contribution in [0.15, 0.2) is 18.3 Å². The van der Waals surface area contributed by atoms with Gasteiger partial charge in [0.05, 0.1) is 6.61 Å². The highest BCUT2D eigenvalue weighted by atomic mass is 19.4. The molecule has 1 aromatic heterocycles. The zero-order valence-corrected chi connectivity index (χ0v) is 12.5. The molecule has 0 fully saturated rings. The minimum Gasteiger partial charge on any atom is -0.467 e. The molecule has 0 aliphatic rings. The summed E-state index contributed by atoms with van der Waals surface area (Å²) < 4.78 is 45.7. The number of aromatic nitrogens is 1. The van der Waals surface area contributed by atoms with Gasteiger partial charge in [0.2, 0.25) is 5.88 Å². The Bertz CT molecular complexity index is 535. The number of ether oxygens (including phenoxy) is 2. The summed E-state index contributed by atoms with van der Waals surface area (Å²) in [6.45, 7) is 0.601. The monoisotopic (exact) mass is 334 g/mol. The van der Waals surface area contributed by atoms with E-state index in [1.54, 1.807) is 6.92 Å². The molecule has 1 heterocycles. The fourth-order valence-electron chi connectivity index (χ4n) is 1.59. The number of nitrogens with one attached hydrogen (secondary N) is 1. The van der Waals surface area contributed by atoms with Crippen molar-refractivity contribution in [1.29, 1.82) is 0 Å². The average Bonchev–Trinajstić information content (AvgIpc) is 2.49. The van der Waals surface area contributed by atoms with Crippen molar-refractivity contribution >= 4 is 11.9 Å². The van der Waals surface area contributed by atoms with Crippen LogP contribution >= 0.6 is 0 Å². The Morgan fingerprint density at radius 1 is 1.35 bits per heavy atom. The number of pyridine rings is 1. The number of amides is 1. The number of rotatable bonds is 8. The molecule has 0 aliphatic heterocycles. The molecule has 0 bridgehead atoms. The quantitative estimate of drug-likeness (QED) is 0.582. The highest BCUT2D eigenvalue weighted by Crippen LogP contribution is 2.19. The van der Waals surface area contributed by atoms with Gasteiger partial charge in [-0.25, -0.2) is 4.98 Å². The zero-order valence-electron chi connectivity index (χ0n) is 12.5. The van der Waals surface area contributed by atoms with Crippen LogP contribution in [0.2, 0.25) is 0 Å². The standard InChI is InChI=1S/C14H17F3N2O4/c1-2-22-11(20)6-4-7-18-12(21)10-5-3-8-19-13(10)23-9-14(15,16)17/h3,5,8H,2,4,6-7,9H2,1H3,(H,18,21). The minimum atomic E-state index is -4.52. The highest BCUT2D eigenvalue weighted by Gasteiger charge is 2.29. The average molecular weight is 334 g/mol. The van der Waals surface area contributed by atoms with Gasteiger partial charge in [-0.2, -0.15) is 13.2 Å². The first-order chi connectivity index (χ1) is 10.8. The van der Waals surface area contributed by atoms with Crippen molar-refractivity contribution in [2.75, 3.05) is 19.8 Å². The molecule has 1 N–H and O–H groups in total. The molecule has 0 atom stereocenters. The van der Waals surface area contributed by atoms with Crippen LogP contribution in [0.4, 0.5) is 13.2 Å². The van der Waals surface area contributed by atoms with Crippen LogP contribution in [-0.2, 0) is 9.53 Å². The lowest BCUT2D eigenvalue weighted by Crippen LogP contribution is -2.27. The van der Waals surface area contributed by atoms with Crippen LogP contribution in [0.3, 0.4) is 0 Å². The van der Waals surface area contributed by atoms with Crippen molar-refractivity contribution in [3.05, 3.63) is 23.9 Å². The van der Waals surface area contributed by atoms with E-state index in [9.17, 15) is 22.8 Å². The fraction of sp³-hybridized carbons (Fsp3) is 0.500. The molecule has 6 nitrogen and oxygen atoms in total. The lowest BCUT2D eigenvalue weighted by atomic mass is 10.2. The summed E-state index contributed by atoms with van der Waals surface area (Å²) in [6.07, 6.45) is -2.81. The molecule has 0 spiro atoms. The summed E-state index contributed by atoms with van der Waals surface area (Å²) in [4.78, 5) is 26.7. The van der Waals surface area contributed by atoms with Crippen molar-refractivity contribution in [3.63, 3.8) is 0 Å². The zero-order chi connectivity index (χ0) is 17.3. The van der Waals surface area contributed by atoms with E-state index >= 15 is 0 Å². The number of esters is 1. The Labute approximate surface area is 131 Å². The summed E-state index contributed by atoms with van der Waals surface area (Å²) >= 11 is 0. The Morgan fingerprint density at radius 2 is 2.09 bits per heavy atom. The summed E-state index contributed by atoms with van der Waals surface area (Å²) in [5, 5.41) is 2.49. The van der Waals surface area contributed by atoms with Gasteiger partial charge in [0, 0.05) is 19.2 Å². The van der Waals surface area contributed by atoms with Gasteiger partial charge in [0.1, 0.15) is 5.56 Å². The number of halogens is 3. The van der Waals surface area contributed by atoms with Crippen LogP contribution in [0, 0.1) is 0 Å². The van der Waals surface area contributed by atoms with E-state index in [2.05, 4.69) is 15.0 Å². The molecule has 0 unspecified atom stereocenters. The lowest BCUT2D eigenvalue weighted by molar-refractivity contribution is -0.154. The molecular formula is C14H17F3N2O4. The highest BCUT2D eigenvalue weighted by molar-refractivity contribution is 5.96. The van der Waals surface area contributed by atoms with Crippen LogP contribution in [-0.4, -0.2) is 42.8 Å². The van der Waals surface area contributed by atoms with Gasteiger partial charge < -0.3 is 14.8 Å². The third kappa shape index (κ3) is 7.48. The van der Waals surface area contributed by atoms with Crippen LogP contribution in [0.5, 0.6) is 5.88 Å². The second kappa shape index (κ2) is 8.96. The largest absolute Gasteiger partial charge is 0.467 e. The predicted molar refractivity (Wildman–Crippen MR) is 74.0 cm³/mol. The Morgan fingerprint density at radius 3 is 2.74 bits per heavy atom. The molecule has 1 rings (SSSR count). The van der Waals surface area contributed by atoms with Gasteiger partial charge in [-0.1, -0.05) is 0 Å². The van der Waals surface area contributed by atoms with Crippen LogP contribution in [0.25, 0.3) is 0 Å². The molecule has 0 aromatic carbocycles. The van der Waals surface area contributed by atoms with Gasteiger partial charge in [-0.15, -0.1) is 0 Å². The van der Waals surface area contributed by atoms with Crippen molar-refractivity contribution < 1.29 is 32.2 Å². The van der Waals surface area contributed by atoms with Gasteiger partial charge >= 0.3 is 12.1 Å². The maximum atomic E-state index is 12.2. The van der Waals surface area contributed by atoms with Gasteiger partial charge in [-0.3, -0.25) is 9.59 Å². The lowest BCUT2D eigenvalue weighted by Gasteiger charge is -2.12. The van der Waals surface area contributed by atoms with Crippen molar-refractivity contribution in [2.24, 2.45) is 0 Å². The van der Waals surface area contributed by atoms with E-state index in [-0.39, 0.29) is 31.1 Å². The first kappa shape index (κ1) is 18.7. The minimum absolute atomic E-state index is 0.104. The maximum Gasteiger partial charge on any atom is 0.422 e. The van der Waals surface area contributed by atoms with Gasteiger partial charge in [-0.05, 0) is 25.5 Å². The summed E-state index contributed by atoms with van der Waals surface area (Å²) in [7, 11) is 0. The second-order valence-electron chi connectivity index (χ2n) is 4.42. The normalized spacial score (nSPS) is 11.0. The van der Waals surface area contributed by atoms with Crippen molar-refractivity contribution in [3.8, 4) is 5.88 Å². The van der Waals surface area contributed by atoms with E-state index in [0.29, 0.717) is 6.42 Å². The van der Waals surface area contributed by atoms with E-state index in [1.165, 1.54) is 18.3 Å². The molecule has 9 heteroatoms. The third-order valence-electron chi connectivity index (χ3n) is 2.54. The molecule has 1 aromatic rings. The number of hydrogen-bond donors (Lipinski definition) is 1. The summed E-state index contributed by atoms with van der Waals surface area (Å²) in [5.41, 5.74) is -0.104. The number of alkyl halides is 3. The molecule has 1 amide bonds. The SMILES string of the molecule is CCOC(=O)CCCNC(=O)c1cccnc1OCC(F)(F)F. The van der Waals surface area contributed by atoms with E-state index in [4.69, 9.17) is 4.74 Å². The van der Waals surface area contributed by atoms with Crippen LogP contribution < -0.4 is 10.1 Å². The molecule has 0 aliphatic carbocycles. The van der Waals surface area contributed by atoms with E-state index < -0.39 is 24.6 Å². The first-order valence-electron chi connectivity index (χ1n) is 6.92. The van der Waals surface area contributed by atoms with Crippen molar-refractivity contribution in [2.45, 2.75) is 25.9 Å². The van der Waals surface area contributed by atoms with Gasteiger partial charge in [0.15, 0.2) is 6.61 Å². The topological polar surface area (TPSA) is 77.5 Å². The fourth-order valence-corrected chi connectivity index (χ4v) is 1.59. The van der Waals surface area contributed by atoms with Crippen LogP contribution in [0.1, 0.15) is 30.1 Å². The Balaban J connectivity index is 2.51. The Hall–Kier alpha value is -2.32.